The number of amides is 3. The van der Waals surface area contributed by atoms with Crippen LogP contribution in [-0.4, -0.2) is 36.0 Å². The molecular weight excluding hydrogens is 278 g/mol. The van der Waals surface area contributed by atoms with E-state index in [2.05, 4.69) is 29.4 Å². The molecule has 0 spiro atoms. The van der Waals surface area contributed by atoms with Gasteiger partial charge in [0.2, 0.25) is 5.91 Å². The third kappa shape index (κ3) is 7.22. The van der Waals surface area contributed by atoms with Gasteiger partial charge in [-0.05, 0) is 25.3 Å². The molecule has 0 saturated carbocycles. The fourth-order valence-corrected chi connectivity index (χ4v) is 2.10. The van der Waals surface area contributed by atoms with E-state index in [1.165, 1.54) is 0 Å². The highest BCUT2D eigenvalue weighted by atomic mass is 16.2. The van der Waals surface area contributed by atoms with Crippen LogP contribution in [0.1, 0.15) is 33.3 Å². The van der Waals surface area contributed by atoms with E-state index in [-0.39, 0.29) is 18.5 Å². The van der Waals surface area contributed by atoms with Gasteiger partial charge >= 0.3 is 6.03 Å². The van der Waals surface area contributed by atoms with Crippen LogP contribution in [0.2, 0.25) is 0 Å². The zero-order chi connectivity index (χ0) is 16.5. The van der Waals surface area contributed by atoms with Gasteiger partial charge in [0.1, 0.15) is 0 Å². The molecule has 122 valence electrons. The van der Waals surface area contributed by atoms with Gasteiger partial charge in [0.05, 0.1) is 6.54 Å². The summed E-state index contributed by atoms with van der Waals surface area (Å²) >= 11 is 0. The Morgan fingerprint density at radius 2 is 1.73 bits per heavy atom. The van der Waals surface area contributed by atoms with Crippen LogP contribution in [0.25, 0.3) is 0 Å². The number of carbonyl (C=O) groups excluding carboxylic acids is 2. The maximum absolute atomic E-state index is 11.9. The molecule has 0 unspecified atom stereocenters. The number of benzene rings is 1. The molecule has 0 atom stereocenters. The summed E-state index contributed by atoms with van der Waals surface area (Å²) < 4.78 is 0. The molecule has 0 aliphatic carbocycles. The Hall–Kier alpha value is -1.88. The van der Waals surface area contributed by atoms with Crippen molar-refractivity contribution in [2.75, 3.05) is 13.1 Å². The fraction of sp³-hybridized carbons (Fsp3) is 0.529. The molecule has 0 aromatic heterocycles. The van der Waals surface area contributed by atoms with Crippen molar-refractivity contribution in [3.63, 3.8) is 0 Å². The quantitative estimate of drug-likeness (QED) is 0.813. The minimum Gasteiger partial charge on any atom is -0.334 e. The molecule has 0 fully saturated rings. The normalized spacial score (nSPS) is 11.0. The lowest BCUT2D eigenvalue weighted by atomic mass is 10.2. The van der Waals surface area contributed by atoms with Crippen molar-refractivity contribution in [3.05, 3.63) is 35.9 Å². The summed E-state index contributed by atoms with van der Waals surface area (Å²) in [7, 11) is 0. The van der Waals surface area contributed by atoms with Gasteiger partial charge in [-0.1, -0.05) is 44.2 Å². The lowest BCUT2D eigenvalue weighted by molar-refractivity contribution is -0.121. The lowest BCUT2D eigenvalue weighted by Gasteiger charge is -2.27. The number of hydrogen-bond acceptors (Lipinski definition) is 3. The second kappa shape index (κ2) is 9.20. The van der Waals surface area contributed by atoms with Crippen molar-refractivity contribution in [2.45, 2.75) is 40.3 Å². The zero-order valence-corrected chi connectivity index (χ0v) is 13.9. The number of nitrogens with zero attached hydrogens (tertiary/aromatic N) is 1. The van der Waals surface area contributed by atoms with Gasteiger partial charge in [-0.25, -0.2) is 4.79 Å². The molecule has 2 N–H and O–H groups in total. The molecule has 0 bridgehead atoms. The van der Waals surface area contributed by atoms with Crippen molar-refractivity contribution in [1.29, 1.82) is 0 Å². The Balaban J connectivity index is 2.38. The Morgan fingerprint density at radius 1 is 1.09 bits per heavy atom. The first-order chi connectivity index (χ1) is 10.4. The van der Waals surface area contributed by atoms with Crippen LogP contribution in [0.5, 0.6) is 0 Å². The summed E-state index contributed by atoms with van der Waals surface area (Å²) in [6, 6.07) is 9.39. The van der Waals surface area contributed by atoms with E-state index in [0.29, 0.717) is 12.5 Å². The van der Waals surface area contributed by atoms with Gasteiger partial charge in [0, 0.05) is 19.1 Å². The topological polar surface area (TPSA) is 61.4 Å². The average Bonchev–Trinajstić information content (AvgIpc) is 2.45. The summed E-state index contributed by atoms with van der Waals surface area (Å²) in [4.78, 5) is 25.7. The fourth-order valence-electron chi connectivity index (χ4n) is 2.10. The van der Waals surface area contributed by atoms with E-state index in [0.717, 1.165) is 12.1 Å². The minimum atomic E-state index is -0.456. The van der Waals surface area contributed by atoms with Crippen LogP contribution < -0.4 is 10.6 Å². The predicted molar refractivity (Wildman–Crippen MR) is 88.4 cm³/mol. The molecule has 1 aromatic carbocycles. The molecule has 0 radical (unpaired) electrons. The molecular formula is C17H27N3O2. The molecule has 0 saturated heterocycles. The van der Waals surface area contributed by atoms with Gasteiger partial charge in [0.15, 0.2) is 0 Å². The highest BCUT2D eigenvalue weighted by Crippen LogP contribution is 2.03. The largest absolute Gasteiger partial charge is 0.334 e. The molecule has 22 heavy (non-hydrogen) atoms. The zero-order valence-electron chi connectivity index (χ0n) is 13.9. The maximum atomic E-state index is 11.9. The summed E-state index contributed by atoms with van der Waals surface area (Å²) in [5.74, 6) is 0.196. The third-order valence-corrected chi connectivity index (χ3v) is 3.23. The number of carbonyl (C=O) groups is 2. The predicted octanol–water partition coefficient (Wildman–Crippen LogP) is 2.38. The molecule has 1 aromatic rings. The van der Waals surface area contributed by atoms with Crippen molar-refractivity contribution in [2.24, 2.45) is 5.92 Å². The summed E-state index contributed by atoms with van der Waals surface area (Å²) in [5.41, 5.74) is 0.994. The van der Waals surface area contributed by atoms with Crippen molar-refractivity contribution in [1.82, 2.24) is 15.5 Å². The SMILES string of the molecule is CC(C)CN(CC(=O)NC(=O)NCc1ccccc1)C(C)C. The van der Waals surface area contributed by atoms with E-state index >= 15 is 0 Å². The average molecular weight is 305 g/mol. The molecule has 5 heteroatoms. The number of nitrogens with one attached hydrogen (secondary N) is 2. The monoisotopic (exact) mass is 305 g/mol. The Kier molecular flexibility index (Phi) is 7.60. The van der Waals surface area contributed by atoms with Crippen LogP contribution in [0.4, 0.5) is 4.79 Å². The molecule has 0 aliphatic heterocycles. The molecule has 1 rings (SSSR count). The summed E-state index contributed by atoms with van der Waals surface area (Å²) in [6.45, 7) is 9.78. The van der Waals surface area contributed by atoms with Crippen LogP contribution >= 0.6 is 0 Å². The molecule has 0 heterocycles. The highest BCUT2D eigenvalue weighted by Gasteiger charge is 2.16. The smallest absolute Gasteiger partial charge is 0.321 e. The molecule has 3 amide bonds. The number of imide groups is 1. The van der Waals surface area contributed by atoms with Crippen molar-refractivity contribution in [3.8, 4) is 0 Å². The Morgan fingerprint density at radius 3 is 2.27 bits per heavy atom. The van der Waals surface area contributed by atoms with Crippen LogP contribution in [0.3, 0.4) is 0 Å². The molecule has 5 nitrogen and oxygen atoms in total. The van der Waals surface area contributed by atoms with E-state index in [1.807, 2.05) is 44.2 Å². The van der Waals surface area contributed by atoms with Gasteiger partial charge in [-0.15, -0.1) is 0 Å². The van der Waals surface area contributed by atoms with E-state index in [1.54, 1.807) is 0 Å². The van der Waals surface area contributed by atoms with E-state index < -0.39 is 6.03 Å². The standard InChI is InChI=1S/C17H27N3O2/c1-13(2)11-20(14(3)4)12-16(21)19-17(22)18-10-15-8-6-5-7-9-15/h5-9,13-14H,10-12H2,1-4H3,(H2,18,19,21,22). The second-order valence-electron chi connectivity index (χ2n) is 6.13. The number of hydrogen-bond donors (Lipinski definition) is 2. The summed E-state index contributed by atoms with van der Waals surface area (Å²) in [5, 5.41) is 5.06. The number of rotatable bonds is 7. The van der Waals surface area contributed by atoms with E-state index in [9.17, 15) is 9.59 Å². The van der Waals surface area contributed by atoms with Gasteiger partial charge < -0.3 is 5.32 Å². The highest BCUT2D eigenvalue weighted by molar-refractivity contribution is 5.95. The van der Waals surface area contributed by atoms with Crippen molar-refractivity contribution < 1.29 is 9.59 Å². The third-order valence-electron chi connectivity index (χ3n) is 3.23. The Bertz CT molecular complexity index is 472. The Labute approximate surface area is 133 Å². The van der Waals surface area contributed by atoms with Gasteiger partial charge in [-0.3, -0.25) is 15.0 Å². The second-order valence-corrected chi connectivity index (χ2v) is 6.13. The van der Waals surface area contributed by atoms with Crippen molar-refractivity contribution >= 4 is 11.9 Å². The first-order valence-electron chi connectivity index (χ1n) is 7.74. The van der Waals surface area contributed by atoms with Crippen LogP contribution in [0.15, 0.2) is 30.3 Å². The minimum absolute atomic E-state index is 0.231. The summed E-state index contributed by atoms with van der Waals surface area (Å²) in [6.07, 6.45) is 0. The molecule has 0 aliphatic rings. The van der Waals surface area contributed by atoms with Gasteiger partial charge in [-0.2, -0.15) is 0 Å². The van der Waals surface area contributed by atoms with E-state index in [4.69, 9.17) is 0 Å². The first-order valence-corrected chi connectivity index (χ1v) is 7.74. The maximum Gasteiger partial charge on any atom is 0.321 e. The van der Waals surface area contributed by atoms with Crippen LogP contribution in [0, 0.1) is 5.92 Å². The number of urea groups is 1. The first kappa shape index (κ1) is 18.2. The van der Waals surface area contributed by atoms with Gasteiger partial charge in [0.25, 0.3) is 0 Å². The lowest BCUT2D eigenvalue weighted by Crippen LogP contribution is -2.46. The van der Waals surface area contributed by atoms with Crippen LogP contribution in [-0.2, 0) is 11.3 Å².